The fourth-order valence-corrected chi connectivity index (χ4v) is 3.16. The Morgan fingerprint density at radius 1 is 1.48 bits per heavy atom. The van der Waals surface area contributed by atoms with Crippen LogP contribution in [0.1, 0.15) is 49.8 Å². The first-order valence-corrected chi connectivity index (χ1v) is 7.38. The number of azide groups is 1. The summed E-state index contributed by atoms with van der Waals surface area (Å²) < 4.78 is 0. The standard InChI is InChI=1S/C15H21N5O/c1-10-9-14(7-8-17-10)13-5-3-12(4-6-13)11(2)18-15(21)19-20-16/h7-9,11-13H,3-6H2,1-2H3,(H,18,21). The molecule has 1 unspecified atom stereocenters. The molecule has 1 aliphatic rings. The van der Waals surface area contributed by atoms with Crippen LogP contribution in [0.25, 0.3) is 10.4 Å². The van der Waals surface area contributed by atoms with Crippen molar-refractivity contribution in [2.24, 2.45) is 11.0 Å². The van der Waals surface area contributed by atoms with Crippen molar-refractivity contribution < 1.29 is 4.79 Å². The largest absolute Gasteiger partial charge is 0.348 e. The molecule has 0 spiro atoms. The lowest BCUT2D eigenvalue weighted by Gasteiger charge is -2.32. The Kier molecular flexibility index (Phi) is 5.17. The molecule has 1 aromatic rings. The van der Waals surface area contributed by atoms with E-state index >= 15 is 0 Å². The maximum Gasteiger partial charge on any atom is 0.308 e. The monoisotopic (exact) mass is 287 g/mol. The summed E-state index contributed by atoms with van der Waals surface area (Å²) in [4.78, 5) is 18.0. The zero-order valence-electron chi connectivity index (χ0n) is 12.5. The van der Waals surface area contributed by atoms with Gasteiger partial charge in [0.05, 0.1) is 0 Å². The van der Waals surface area contributed by atoms with E-state index in [1.807, 2.05) is 20.0 Å². The number of aromatic nitrogens is 1. The number of carbonyl (C=O) groups is 1. The maximum atomic E-state index is 11.3. The lowest BCUT2D eigenvalue weighted by Crippen LogP contribution is -2.37. The van der Waals surface area contributed by atoms with E-state index in [0.717, 1.165) is 31.4 Å². The van der Waals surface area contributed by atoms with E-state index < -0.39 is 6.03 Å². The molecule has 0 saturated heterocycles. The molecule has 0 aromatic carbocycles. The van der Waals surface area contributed by atoms with E-state index in [-0.39, 0.29) is 6.04 Å². The molecule has 1 fully saturated rings. The fraction of sp³-hybridized carbons (Fsp3) is 0.600. The fourth-order valence-electron chi connectivity index (χ4n) is 3.16. The van der Waals surface area contributed by atoms with Gasteiger partial charge in [-0.1, -0.05) is 0 Å². The van der Waals surface area contributed by atoms with Crippen molar-refractivity contribution in [3.05, 3.63) is 40.0 Å². The summed E-state index contributed by atoms with van der Waals surface area (Å²) in [6.07, 6.45) is 6.26. The van der Waals surface area contributed by atoms with E-state index in [4.69, 9.17) is 5.53 Å². The van der Waals surface area contributed by atoms with Crippen molar-refractivity contribution in [3.63, 3.8) is 0 Å². The predicted octanol–water partition coefficient (Wildman–Crippen LogP) is 4.07. The van der Waals surface area contributed by atoms with Gasteiger partial charge in [-0.15, -0.1) is 0 Å². The van der Waals surface area contributed by atoms with E-state index in [9.17, 15) is 4.79 Å². The van der Waals surface area contributed by atoms with Gasteiger partial charge in [-0.25, -0.2) is 0 Å². The highest BCUT2D eigenvalue weighted by molar-refractivity contribution is 5.74. The normalized spacial score (nSPS) is 23.0. The van der Waals surface area contributed by atoms with E-state index in [1.54, 1.807) is 0 Å². The number of hydrogen-bond acceptors (Lipinski definition) is 2. The number of aryl methyl sites for hydroxylation is 1. The van der Waals surface area contributed by atoms with Gasteiger partial charge < -0.3 is 5.32 Å². The van der Waals surface area contributed by atoms with Gasteiger partial charge in [0.1, 0.15) is 0 Å². The first kappa shape index (κ1) is 15.3. The topological polar surface area (TPSA) is 90.8 Å². The molecule has 1 aromatic heterocycles. The van der Waals surface area contributed by atoms with E-state index in [2.05, 4.69) is 32.5 Å². The Balaban J connectivity index is 1.88. The molecule has 1 heterocycles. The van der Waals surface area contributed by atoms with Crippen LogP contribution in [0.15, 0.2) is 23.4 Å². The summed E-state index contributed by atoms with van der Waals surface area (Å²) in [5.41, 5.74) is 10.7. The maximum absolute atomic E-state index is 11.3. The third-order valence-corrected chi connectivity index (χ3v) is 4.36. The Morgan fingerprint density at radius 2 is 2.19 bits per heavy atom. The highest BCUT2D eigenvalue weighted by Gasteiger charge is 2.26. The number of amides is 2. The van der Waals surface area contributed by atoms with Crippen LogP contribution >= 0.6 is 0 Å². The molecule has 21 heavy (non-hydrogen) atoms. The number of pyridine rings is 1. The van der Waals surface area contributed by atoms with Gasteiger partial charge in [-0.2, -0.15) is 0 Å². The van der Waals surface area contributed by atoms with Crippen molar-refractivity contribution in [1.29, 1.82) is 0 Å². The van der Waals surface area contributed by atoms with Crippen LogP contribution in [0.3, 0.4) is 0 Å². The van der Waals surface area contributed by atoms with Crippen molar-refractivity contribution in [2.75, 3.05) is 0 Å². The van der Waals surface area contributed by atoms with Gasteiger partial charge in [-0.3, -0.25) is 9.78 Å². The quantitative estimate of drug-likeness (QED) is 0.515. The van der Waals surface area contributed by atoms with Gasteiger partial charge in [0, 0.05) is 28.0 Å². The lowest BCUT2D eigenvalue weighted by molar-refractivity contribution is 0.228. The van der Waals surface area contributed by atoms with Gasteiger partial charge in [0.25, 0.3) is 0 Å². The third kappa shape index (κ3) is 4.20. The average molecular weight is 287 g/mol. The molecule has 1 aliphatic carbocycles. The second kappa shape index (κ2) is 7.09. The predicted molar refractivity (Wildman–Crippen MR) is 80.8 cm³/mol. The minimum atomic E-state index is -0.586. The van der Waals surface area contributed by atoms with Gasteiger partial charge in [0.2, 0.25) is 0 Å². The van der Waals surface area contributed by atoms with Gasteiger partial charge >= 0.3 is 6.03 Å². The summed E-state index contributed by atoms with van der Waals surface area (Å²) >= 11 is 0. The second-order valence-corrected chi connectivity index (χ2v) is 5.77. The molecule has 1 saturated carbocycles. The summed E-state index contributed by atoms with van der Waals surface area (Å²) in [5.74, 6) is 1.03. The van der Waals surface area contributed by atoms with Crippen molar-refractivity contribution in [3.8, 4) is 0 Å². The number of nitrogens with zero attached hydrogens (tertiary/aromatic N) is 4. The molecule has 2 rings (SSSR count). The molecule has 2 amide bonds. The SMILES string of the molecule is Cc1cc(C2CCC(C(C)NC(=O)N=[N+]=[N-])CC2)ccn1. The molecular formula is C15H21N5O. The molecule has 6 nitrogen and oxygen atoms in total. The van der Waals surface area contributed by atoms with Crippen LogP contribution in [0.4, 0.5) is 4.79 Å². The first-order valence-electron chi connectivity index (χ1n) is 7.38. The lowest BCUT2D eigenvalue weighted by atomic mass is 9.76. The first-order chi connectivity index (χ1) is 10.1. The molecular weight excluding hydrogens is 266 g/mol. The number of carbonyl (C=O) groups excluding carboxylic acids is 1. The zero-order chi connectivity index (χ0) is 15.2. The Bertz CT molecular complexity index is 545. The number of nitrogens with one attached hydrogen (secondary N) is 1. The number of hydrogen-bond donors (Lipinski definition) is 1. The summed E-state index contributed by atoms with van der Waals surface area (Å²) in [5, 5.41) is 5.80. The van der Waals surface area contributed by atoms with Crippen LogP contribution in [0.5, 0.6) is 0 Å². The minimum absolute atomic E-state index is 0.0446. The zero-order valence-corrected chi connectivity index (χ0v) is 12.5. The van der Waals surface area contributed by atoms with Crippen LogP contribution in [0.2, 0.25) is 0 Å². The summed E-state index contributed by atoms with van der Waals surface area (Å²) in [6.45, 7) is 3.99. The van der Waals surface area contributed by atoms with Crippen molar-refractivity contribution in [1.82, 2.24) is 10.3 Å². The minimum Gasteiger partial charge on any atom is -0.348 e. The summed E-state index contributed by atoms with van der Waals surface area (Å²) in [6, 6.07) is 3.72. The third-order valence-electron chi connectivity index (χ3n) is 4.36. The summed E-state index contributed by atoms with van der Waals surface area (Å²) in [7, 11) is 0. The second-order valence-electron chi connectivity index (χ2n) is 5.77. The Labute approximate surface area is 124 Å². The van der Waals surface area contributed by atoms with E-state index in [0.29, 0.717) is 11.8 Å². The van der Waals surface area contributed by atoms with Crippen molar-refractivity contribution >= 4 is 6.03 Å². The van der Waals surface area contributed by atoms with Crippen LogP contribution < -0.4 is 5.32 Å². The highest BCUT2D eigenvalue weighted by atomic mass is 16.2. The van der Waals surface area contributed by atoms with Crippen LogP contribution in [0, 0.1) is 12.8 Å². The van der Waals surface area contributed by atoms with E-state index in [1.165, 1.54) is 5.56 Å². The molecule has 112 valence electrons. The smallest absolute Gasteiger partial charge is 0.308 e. The van der Waals surface area contributed by atoms with Gasteiger partial charge in [-0.05, 0) is 74.6 Å². The highest BCUT2D eigenvalue weighted by Crippen LogP contribution is 2.37. The van der Waals surface area contributed by atoms with Crippen molar-refractivity contribution in [2.45, 2.75) is 51.5 Å². The Hall–Kier alpha value is -2.07. The van der Waals surface area contributed by atoms with Gasteiger partial charge in [0.15, 0.2) is 0 Å². The number of rotatable bonds is 3. The molecule has 1 N–H and O–H groups in total. The molecule has 1 atom stereocenters. The van der Waals surface area contributed by atoms with Crippen LogP contribution in [-0.2, 0) is 0 Å². The Morgan fingerprint density at radius 3 is 2.81 bits per heavy atom. The average Bonchev–Trinajstić information content (AvgIpc) is 2.47. The number of urea groups is 1. The molecule has 0 bridgehead atoms. The molecule has 6 heteroatoms. The molecule has 0 aliphatic heterocycles. The molecule has 0 radical (unpaired) electrons. The van der Waals surface area contributed by atoms with Crippen LogP contribution in [-0.4, -0.2) is 17.1 Å².